The van der Waals surface area contributed by atoms with Gasteiger partial charge in [0.25, 0.3) is 0 Å². The monoisotopic (exact) mass is 212 g/mol. The first-order chi connectivity index (χ1) is 7.13. The minimum absolute atomic E-state index is 0.163. The molecule has 1 amide bonds. The SMILES string of the molecule is CCC(C)C(=O)NCC1CCN(C)CC1. The number of nitrogens with zero attached hydrogens (tertiary/aromatic N) is 1. The molecule has 0 aromatic carbocycles. The van der Waals surface area contributed by atoms with Crippen LogP contribution >= 0.6 is 0 Å². The summed E-state index contributed by atoms with van der Waals surface area (Å²) in [4.78, 5) is 13.9. The number of amides is 1. The zero-order valence-corrected chi connectivity index (χ0v) is 10.3. The summed E-state index contributed by atoms with van der Waals surface area (Å²) >= 11 is 0. The summed E-state index contributed by atoms with van der Waals surface area (Å²) in [5.74, 6) is 1.07. The van der Waals surface area contributed by atoms with Crippen molar-refractivity contribution < 1.29 is 4.79 Å². The van der Waals surface area contributed by atoms with E-state index in [2.05, 4.69) is 24.2 Å². The highest BCUT2D eigenvalue weighted by molar-refractivity contribution is 5.78. The van der Waals surface area contributed by atoms with Crippen LogP contribution in [0.15, 0.2) is 0 Å². The summed E-state index contributed by atoms with van der Waals surface area (Å²) < 4.78 is 0. The summed E-state index contributed by atoms with van der Waals surface area (Å²) in [6.07, 6.45) is 3.37. The predicted molar refractivity (Wildman–Crippen MR) is 62.7 cm³/mol. The Bertz CT molecular complexity index is 198. The van der Waals surface area contributed by atoms with Crippen molar-refractivity contribution in [2.75, 3.05) is 26.7 Å². The van der Waals surface area contributed by atoms with E-state index in [4.69, 9.17) is 0 Å². The fraction of sp³-hybridized carbons (Fsp3) is 0.917. The van der Waals surface area contributed by atoms with Gasteiger partial charge in [-0.25, -0.2) is 0 Å². The van der Waals surface area contributed by atoms with E-state index in [1.165, 1.54) is 25.9 Å². The molecule has 88 valence electrons. The van der Waals surface area contributed by atoms with Crippen LogP contribution in [0.4, 0.5) is 0 Å². The molecule has 15 heavy (non-hydrogen) atoms. The van der Waals surface area contributed by atoms with Crippen LogP contribution in [0, 0.1) is 11.8 Å². The molecule has 1 heterocycles. The Hall–Kier alpha value is -0.570. The van der Waals surface area contributed by atoms with Crippen molar-refractivity contribution in [1.82, 2.24) is 10.2 Å². The second-order valence-electron chi connectivity index (χ2n) is 4.80. The van der Waals surface area contributed by atoms with Crippen LogP contribution in [-0.4, -0.2) is 37.5 Å². The largest absolute Gasteiger partial charge is 0.356 e. The number of hydrogen-bond donors (Lipinski definition) is 1. The third-order valence-corrected chi connectivity index (χ3v) is 3.46. The highest BCUT2D eigenvalue weighted by Gasteiger charge is 2.18. The molecule has 1 aliphatic heterocycles. The normalized spacial score (nSPS) is 21.3. The van der Waals surface area contributed by atoms with E-state index < -0.39 is 0 Å². The summed E-state index contributed by atoms with van der Waals surface area (Å²) in [5, 5.41) is 3.06. The first-order valence-corrected chi connectivity index (χ1v) is 6.09. The van der Waals surface area contributed by atoms with Crippen molar-refractivity contribution in [2.24, 2.45) is 11.8 Å². The Balaban J connectivity index is 2.17. The lowest BCUT2D eigenvalue weighted by atomic mass is 9.97. The Morgan fingerprint density at radius 3 is 2.60 bits per heavy atom. The number of likely N-dealkylation sites (tertiary alicyclic amines) is 1. The van der Waals surface area contributed by atoms with E-state index in [9.17, 15) is 4.79 Å². The summed E-state index contributed by atoms with van der Waals surface area (Å²) in [5.41, 5.74) is 0. The van der Waals surface area contributed by atoms with E-state index in [1.807, 2.05) is 6.92 Å². The van der Waals surface area contributed by atoms with Gasteiger partial charge in [0.15, 0.2) is 0 Å². The Labute approximate surface area is 93.2 Å². The molecule has 0 bridgehead atoms. The number of nitrogens with one attached hydrogen (secondary N) is 1. The molecule has 1 rings (SSSR count). The molecule has 3 heteroatoms. The smallest absolute Gasteiger partial charge is 0.222 e. The summed E-state index contributed by atoms with van der Waals surface area (Å²) in [6, 6.07) is 0. The molecule has 0 spiro atoms. The van der Waals surface area contributed by atoms with Gasteiger partial charge in [-0.3, -0.25) is 4.79 Å². The van der Waals surface area contributed by atoms with Gasteiger partial charge in [-0.1, -0.05) is 13.8 Å². The molecule has 0 aromatic heterocycles. The van der Waals surface area contributed by atoms with Gasteiger partial charge >= 0.3 is 0 Å². The van der Waals surface area contributed by atoms with Crippen molar-refractivity contribution in [1.29, 1.82) is 0 Å². The first-order valence-electron chi connectivity index (χ1n) is 6.09. The highest BCUT2D eigenvalue weighted by Crippen LogP contribution is 2.14. The Kier molecular flexibility index (Phi) is 5.09. The topological polar surface area (TPSA) is 32.3 Å². The van der Waals surface area contributed by atoms with Crippen LogP contribution < -0.4 is 5.32 Å². The molecule has 1 unspecified atom stereocenters. The maximum atomic E-state index is 11.6. The number of carbonyl (C=O) groups is 1. The van der Waals surface area contributed by atoms with E-state index in [0.29, 0.717) is 5.92 Å². The third kappa shape index (κ3) is 4.20. The lowest BCUT2D eigenvalue weighted by Gasteiger charge is -2.29. The molecule has 1 N–H and O–H groups in total. The second-order valence-corrected chi connectivity index (χ2v) is 4.80. The number of carbonyl (C=O) groups excluding carboxylic acids is 1. The van der Waals surface area contributed by atoms with Crippen molar-refractivity contribution in [3.8, 4) is 0 Å². The molecule has 1 fully saturated rings. The molecule has 1 aliphatic rings. The predicted octanol–water partition coefficient (Wildman–Crippen LogP) is 1.49. The number of piperidine rings is 1. The lowest BCUT2D eigenvalue weighted by molar-refractivity contribution is -0.124. The molecule has 1 atom stereocenters. The second kappa shape index (κ2) is 6.11. The fourth-order valence-electron chi connectivity index (χ4n) is 1.87. The molecular weight excluding hydrogens is 188 g/mol. The van der Waals surface area contributed by atoms with E-state index in [-0.39, 0.29) is 11.8 Å². The molecule has 0 aromatic rings. The Morgan fingerprint density at radius 1 is 1.47 bits per heavy atom. The Morgan fingerprint density at radius 2 is 2.07 bits per heavy atom. The standard InChI is InChI=1S/C12H24N2O/c1-4-10(2)12(15)13-9-11-5-7-14(3)8-6-11/h10-11H,4-9H2,1-3H3,(H,13,15). The molecular formula is C12H24N2O. The first kappa shape index (κ1) is 12.5. The van der Waals surface area contributed by atoms with Crippen molar-refractivity contribution in [3.05, 3.63) is 0 Å². The zero-order valence-electron chi connectivity index (χ0n) is 10.3. The molecule has 1 saturated heterocycles. The average Bonchev–Trinajstić information content (AvgIpc) is 2.26. The molecule has 0 radical (unpaired) electrons. The van der Waals surface area contributed by atoms with Crippen LogP contribution in [-0.2, 0) is 4.79 Å². The van der Waals surface area contributed by atoms with Crippen molar-refractivity contribution in [2.45, 2.75) is 33.1 Å². The van der Waals surface area contributed by atoms with Crippen LogP contribution in [0.25, 0.3) is 0 Å². The number of rotatable bonds is 4. The summed E-state index contributed by atoms with van der Waals surface area (Å²) in [6.45, 7) is 7.26. The molecule has 0 saturated carbocycles. The zero-order chi connectivity index (χ0) is 11.3. The maximum Gasteiger partial charge on any atom is 0.222 e. The highest BCUT2D eigenvalue weighted by atomic mass is 16.1. The van der Waals surface area contributed by atoms with Crippen LogP contribution in [0.3, 0.4) is 0 Å². The van der Waals surface area contributed by atoms with Gasteiger partial charge in [-0.2, -0.15) is 0 Å². The van der Waals surface area contributed by atoms with Gasteiger partial charge in [0.05, 0.1) is 0 Å². The minimum atomic E-state index is 0.163. The van der Waals surface area contributed by atoms with Gasteiger partial charge < -0.3 is 10.2 Å². The van der Waals surface area contributed by atoms with Crippen LogP contribution in [0.5, 0.6) is 0 Å². The van der Waals surface area contributed by atoms with E-state index in [0.717, 1.165) is 13.0 Å². The van der Waals surface area contributed by atoms with Gasteiger partial charge in [0.2, 0.25) is 5.91 Å². The number of hydrogen-bond acceptors (Lipinski definition) is 2. The third-order valence-electron chi connectivity index (χ3n) is 3.46. The van der Waals surface area contributed by atoms with Gasteiger partial charge in [-0.05, 0) is 45.3 Å². The molecule has 3 nitrogen and oxygen atoms in total. The van der Waals surface area contributed by atoms with Gasteiger partial charge in [-0.15, -0.1) is 0 Å². The van der Waals surface area contributed by atoms with Crippen molar-refractivity contribution >= 4 is 5.91 Å². The summed E-state index contributed by atoms with van der Waals surface area (Å²) in [7, 11) is 2.16. The molecule has 0 aliphatic carbocycles. The van der Waals surface area contributed by atoms with Crippen LogP contribution in [0.2, 0.25) is 0 Å². The fourth-order valence-corrected chi connectivity index (χ4v) is 1.87. The van der Waals surface area contributed by atoms with Gasteiger partial charge in [0.1, 0.15) is 0 Å². The van der Waals surface area contributed by atoms with Gasteiger partial charge in [0, 0.05) is 12.5 Å². The lowest BCUT2D eigenvalue weighted by Crippen LogP contribution is -2.38. The van der Waals surface area contributed by atoms with Crippen LogP contribution in [0.1, 0.15) is 33.1 Å². The maximum absolute atomic E-state index is 11.6. The average molecular weight is 212 g/mol. The quantitative estimate of drug-likeness (QED) is 0.766. The van der Waals surface area contributed by atoms with E-state index >= 15 is 0 Å². The minimum Gasteiger partial charge on any atom is -0.356 e. The van der Waals surface area contributed by atoms with Crippen molar-refractivity contribution in [3.63, 3.8) is 0 Å². The van der Waals surface area contributed by atoms with E-state index in [1.54, 1.807) is 0 Å².